The van der Waals surface area contributed by atoms with E-state index in [1.165, 1.54) is 24.4 Å². The fourth-order valence-electron chi connectivity index (χ4n) is 3.08. The molecule has 0 spiro atoms. The van der Waals surface area contributed by atoms with Gasteiger partial charge in [-0.2, -0.15) is 0 Å². The first-order valence-corrected chi connectivity index (χ1v) is 9.34. The molecule has 10 heteroatoms. The fourth-order valence-corrected chi connectivity index (χ4v) is 3.08. The molecule has 0 bridgehead atoms. The van der Waals surface area contributed by atoms with Gasteiger partial charge in [0.2, 0.25) is 0 Å². The summed E-state index contributed by atoms with van der Waals surface area (Å²) in [5.41, 5.74) is 10.7. The summed E-state index contributed by atoms with van der Waals surface area (Å²) in [7, 11) is 0. The van der Waals surface area contributed by atoms with Crippen LogP contribution in [0.15, 0.2) is 35.5 Å². The zero-order chi connectivity index (χ0) is 21.8. The molecule has 1 saturated heterocycles. The minimum atomic E-state index is -1.04. The minimum absolute atomic E-state index is 0.0432. The molecule has 1 aliphatic heterocycles. The number of amides is 1. The largest absolute Gasteiger partial charge is 0.443 e. The van der Waals surface area contributed by atoms with Crippen molar-refractivity contribution in [1.82, 2.24) is 4.98 Å². The second kappa shape index (κ2) is 9.04. The number of nitrogens with two attached hydrogens (primary N) is 2. The van der Waals surface area contributed by atoms with E-state index in [-0.39, 0.29) is 41.3 Å². The highest BCUT2D eigenvalue weighted by atomic mass is 19.1. The van der Waals surface area contributed by atoms with Crippen LogP contribution >= 0.6 is 0 Å². The monoisotopic (exact) mass is 419 g/mol. The van der Waals surface area contributed by atoms with Gasteiger partial charge in [0, 0.05) is 36.0 Å². The third-order valence-corrected chi connectivity index (χ3v) is 4.40. The molecule has 0 unspecified atom stereocenters. The van der Waals surface area contributed by atoms with Crippen molar-refractivity contribution >= 4 is 17.9 Å². The maximum atomic E-state index is 14.9. The molecule has 1 fully saturated rings. The van der Waals surface area contributed by atoms with Gasteiger partial charge in [0.15, 0.2) is 17.6 Å². The van der Waals surface area contributed by atoms with Crippen molar-refractivity contribution < 1.29 is 23.0 Å². The SMILES string of the molecule is CC(C)OC1CN(c2ncc(-c3cccc(COC(=O)N=C(N)N)c3F)cc2F)C1. The number of guanidine groups is 1. The van der Waals surface area contributed by atoms with Gasteiger partial charge in [0.1, 0.15) is 12.4 Å². The Morgan fingerprint density at radius 1 is 1.33 bits per heavy atom. The van der Waals surface area contributed by atoms with Crippen LogP contribution < -0.4 is 16.4 Å². The van der Waals surface area contributed by atoms with E-state index in [1.54, 1.807) is 11.0 Å². The summed E-state index contributed by atoms with van der Waals surface area (Å²) >= 11 is 0. The lowest BCUT2D eigenvalue weighted by Gasteiger charge is -2.40. The summed E-state index contributed by atoms with van der Waals surface area (Å²) in [4.78, 5) is 20.5. The Labute approximate surface area is 172 Å². The molecule has 1 aromatic heterocycles. The van der Waals surface area contributed by atoms with Gasteiger partial charge in [-0.25, -0.2) is 18.6 Å². The van der Waals surface area contributed by atoms with Gasteiger partial charge in [-0.05, 0) is 19.9 Å². The number of aliphatic imine (C=N–C) groups is 1. The Hall–Kier alpha value is -3.27. The van der Waals surface area contributed by atoms with Crippen molar-refractivity contribution in [3.63, 3.8) is 0 Å². The number of hydrogen-bond acceptors (Lipinski definition) is 5. The third kappa shape index (κ3) is 5.01. The van der Waals surface area contributed by atoms with Crippen molar-refractivity contribution in [3.05, 3.63) is 47.7 Å². The van der Waals surface area contributed by atoms with E-state index in [1.807, 2.05) is 13.8 Å². The fraction of sp³-hybridized carbons (Fsp3) is 0.350. The number of aromatic nitrogens is 1. The maximum absolute atomic E-state index is 14.9. The third-order valence-electron chi connectivity index (χ3n) is 4.40. The van der Waals surface area contributed by atoms with Crippen LogP contribution in [0.2, 0.25) is 0 Å². The molecule has 30 heavy (non-hydrogen) atoms. The molecule has 160 valence electrons. The van der Waals surface area contributed by atoms with Crippen LogP contribution in [0.1, 0.15) is 19.4 Å². The average molecular weight is 419 g/mol. The van der Waals surface area contributed by atoms with Crippen LogP contribution in [0.3, 0.4) is 0 Å². The Morgan fingerprint density at radius 2 is 2.07 bits per heavy atom. The van der Waals surface area contributed by atoms with Gasteiger partial charge < -0.3 is 25.8 Å². The molecule has 1 aromatic carbocycles. The average Bonchev–Trinajstić information content (AvgIpc) is 2.63. The number of ether oxygens (including phenoxy) is 2. The van der Waals surface area contributed by atoms with E-state index in [0.29, 0.717) is 13.1 Å². The number of carbonyl (C=O) groups excluding carboxylic acids is 1. The predicted molar refractivity (Wildman–Crippen MR) is 108 cm³/mol. The number of rotatable bonds is 6. The van der Waals surface area contributed by atoms with Gasteiger partial charge in [-0.1, -0.05) is 18.2 Å². The molecular weight excluding hydrogens is 396 g/mol. The number of benzene rings is 1. The van der Waals surface area contributed by atoms with Crippen LogP contribution in [0.5, 0.6) is 0 Å². The second-order valence-electron chi connectivity index (χ2n) is 7.11. The lowest BCUT2D eigenvalue weighted by Crippen LogP contribution is -2.53. The highest BCUT2D eigenvalue weighted by molar-refractivity contribution is 5.87. The summed E-state index contributed by atoms with van der Waals surface area (Å²) in [6.07, 6.45) is 0.516. The van der Waals surface area contributed by atoms with Crippen LogP contribution in [-0.4, -0.2) is 42.3 Å². The second-order valence-corrected chi connectivity index (χ2v) is 7.11. The normalized spacial score (nSPS) is 13.8. The van der Waals surface area contributed by atoms with Crippen molar-refractivity contribution in [2.45, 2.75) is 32.7 Å². The van der Waals surface area contributed by atoms with Crippen LogP contribution in [0.4, 0.5) is 19.4 Å². The molecule has 3 rings (SSSR count). The van der Waals surface area contributed by atoms with E-state index in [0.717, 1.165) is 0 Å². The molecule has 1 amide bonds. The number of anilines is 1. The number of halogens is 2. The highest BCUT2D eigenvalue weighted by Gasteiger charge is 2.31. The topological polar surface area (TPSA) is 116 Å². The van der Waals surface area contributed by atoms with Crippen molar-refractivity contribution in [1.29, 1.82) is 0 Å². The molecular formula is C20H23F2N5O3. The van der Waals surface area contributed by atoms with E-state index >= 15 is 0 Å². The van der Waals surface area contributed by atoms with Gasteiger partial charge in [0.25, 0.3) is 0 Å². The maximum Gasteiger partial charge on any atom is 0.437 e. The molecule has 2 heterocycles. The van der Waals surface area contributed by atoms with E-state index in [4.69, 9.17) is 20.9 Å². The smallest absolute Gasteiger partial charge is 0.437 e. The van der Waals surface area contributed by atoms with Gasteiger partial charge in [-0.3, -0.25) is 0 Å². The van der Waals surface area contributed by atoms with E-state index in [9.17, 15) is 13.6 Å². The lowest BCUT2D eigenvalue weighted by atomic mass is 10.0. The molecule has 0 saturated carbocycles. The van der Waals surface area contributed by atoms with E-state index in [2.05, 4.69) is 9.98 Å². The van der Waals surface area contributed by atoms with Gasteiger partial charge in [0.05, 0.1) is 12.2 Å². The molecule has 0 atom stereocenters. The lowest BCUT2D eigenvalue weighted by molar-refractivity contribution is -0.00766. The first-order chi connectivity index (χ1) is 14.2. The molecule has 0 radical (unpaired) electrons. The number of hydrogen-bond donors (Lipinski definition) is 2. The zero-order valence-corrected chi connectivity index (χ0v) is 16.6. The summed E-state index contributed by atoms with van der Waals surface area (Å²) in [6, 6.07) is 5.72. The number of carbonyl (C=O) groups is 1. The summed E-state index contributed by atoms with van der Waals surface area (Å²) in [5.74, 6) is -1.47. The molecule has 8 nitrogen and oxygen atoms in total. The first-order valence-electron chi connectivity index (χ1n) is 9.34. The van der Waals surface area contributed by atoms with Crippen LogP contribution in [0, 0.1) is 11.6 Å². The van der Waals surface area contributed by atoms with Crippen molar-refractivity contribution in [3.8, 4) is 11.1 Å². The van der Waals surface area contributed by atoms with Gasteiger partial charge in [-0.15, -0.1) is 4.99 Å². The molecule has 0 aliphatic carbocycles. The van der Waals surface area contributed by atoms with Gasteiger partial charge >= 0.3 is 6.09 Å². The number of nitrogens with zero attached hydrogens (tertiary/aromatic N) is 3. The molecule has 4 N–H and O–H groups in total. The van der Waals surface area contributed by atoms with Crippen LogP contribution in [0.25, 0.3) is 11.1 Å². The summed E-state index contributed by atoms with van der Waals surface area (Å²) in [6.45, 7) is 4.61. The zero-order valence-electron chi connectivity index (χ0n) is 16.6. The van der Waals surface area contributed by atoms with Crippen molar-refractivity contribution in [2.75, 3.05) is 18.0 Å². The first kappa shape index (κ1) is 21.4. The quantitative estimate of drug-likeness (QED) is 0.546. The Kier molecular flexibility index (Phi) is 6.46. The van der Waals surface area contributed by atoms with Crippen LogP contribution in [-0.2, 0) is 16.1 Å². The predicted octanol–water partition coefficient (Wildman–Crippen LogP) is 2.55. The minimum Gasteiger partial charge on any atom is -0.443 e. The van der Waals surface area contributed by atoms with Crippen molar-refractivity contribution in [2.24, 2.45) is 16.5 Å². The Morgan fingerprint density at radius 3 is 2.70 bits per heavy atom. The van der Waals surface area contributed by atoms with E-state index < -0.39 is 23.7 Å². The Balaban J connectivity index is 1.73. The summed E-state index contributed by atoms with van der Waals surface area (Å²) in [5, 5.41) is 0. The highest BCUT2D eigenvalue weighted by Crippen LogP contribution is 2.30. The number of pyridine rings is 1. The molecule has 2 aromatic rings. The standard InChI is InChI=1S/C20H23F2N5O3/c1-11(2)30-14-8-27(9-14)18-16(21)6-13(7-25-18)15-5-3-4-12(17(15)22)10-29-20(28)26-19(23)24/h3-7,11,14H,8-10H2,1-2H3,(H4,23,24,26,28). The molecule has 1 aliphatic rings. The summed E-state index contributed by atoms with van der Waals surface area (Å²) < 4.78 is 40.0. The Bertz CT molecular complexity index is 957.